The molecule has 7 heteroatoms. The van der Waals surface area contributed by atoms with E-state index in [9.17, 15) is 14.4 Å². The zero-order chi connectivity index (χ0) is 20.1. The van der Waals surface area contributed by atoms with Crippen molar-refractivity contribution in [3.05, 3.63) is 30.1 Å². The minimum atomic E-state index is -0.517. The maximum absolute atomic E-state index is 12.6. The Morgan fingerprint density at radius 2 is 1.93 bits per heavy atom. The molecule has 3 rings (SSSR count). The Kier molecular flexibility index (Phi) is 6.44. The lowest BCUT2D eigenvalue weighted by Crippen LogP contribution is -2.47. The fourth-order valence-corrected chi connectivity index (χ4v) is 3.90. The maximum atomic E-state index is 12.6. The van der Waals surface area contributed by atoms with Crippen LogP contribution in [0.3, 0.4) is 0 Å². The average Bonchev–Trinajstić information content (AvgIpc) is 3.14. The third-order valence-electron chi connectivity index (χ3n) is 6.00. The molecule has 1 spiro atoms. The van der Waals surface area contributed by atoms with Crippen LogP contribution in [0.5, 0.6) is 0 Å². The van der Waals surface area contributed by atoms with Crippen LogP contribution in [0.15, 0.2) is 24.5 Å². The van der Waals surface area contributed by atoms with Crippen LogP contribution < -0.4 is 5.32 Å². The highest BCUT2D eigenvalue weighted by Crippen LogP contribution is 2.39. The van der Waals surface area contributed by atoms with E-state index in [1.807, 2.05) is 11.8 Å². The monoisotopic (exact) mass is 387 g/mol. The molecule has 2 saturated heterocycles. The predicted molar refractivity (Wildman–Crippen MR) is 104 cm³/mol. The summed E-state index contributed by atoms with van der Waals surface area (Å²) >= 11 is 0. The SMILES string of the molecule is CCC(C)C(=O)C(=O)NCC1CCC2(CCN(C(=O)c3ccncc3)CC2)O1. The van der Waals surface area contributed by atoms with Crippen molar-refractivity contribution in [3.63, 3.8) is 0 Å². The van der Waals surface area contributed by atoms with Gasteiger partial charge in [0.15, 0.2) is 0 Å². The summed E-state index contributed by atoms with van der Waals surface area (Å²) in [5.74, 6) is -1.10. The van der Waals surface area contributed by atoms with E-state index >= 15 is 0 Å². The molecule has 0 radical (unpaired) electrons. The van der Waals surface area contributed by atoms with E-state index in [0.29, 0.717) is 31.6 Å². The standard InChI is InChI=1S/C21H29N3O4/c1-3-15(2)18(25)19(26)23-14-17-4-7-21(28-17)8-12-24(13-9-21)20(27)16-5-10-22-11-6-16/h5-6,10-11,15,17H,3-4,7-9,12-14H2,1-2H3,(H,23,26). The fourth-order valence-electron chi connectivity index (χ4n) is 3.90. The highest BCUT2D eigenvalue weighted by molar-refractivity contribution is 6.36. The number of Topliss-reactive ketones (excluding diaryl/α,β-unsaturated/α-hetero) is 1. The molecule has 0 bridgehead atoms. The summed E-state index contributed by atoms with van der Waals surface area (Å²) in [6, 6.07) is 3.47. The largest absolute Gasteiger partial charge is 0.370 e. The third kappa shape index (κ3) is 4.58. The number of pyridine rings is 1. The summed E-state index contributed by atoms with van der Waals surface area (Å²) < 4.78 is 6.27. The van der Waals surface area contributed by atoms with E-state index in [1.165, 1.54) is 0 Å². The molecule has 1 aromatic heterocycles. The predicted octanol–water partition coefficient (Wildman–Crippen LogP) is 1.97. The summed E-state index contributed by atoms with van der Waals surface area (Å²) in [6.07, 6.45) is 7.20. The molecular formula is C21H29N3O4. The molecule has 2 amide bonds. The number of ketones is 1. The molecule has 28 heavy (non-hydrogen) atoms. The highest BCUT2D eigenvalue weighted by atomic mass is 16.5. The van der Waals surface area contributed by atoms with Crippen LogP contribution in [0.4, 0.5) is 0 Å². The molecular weight excluding hydrogens is 358 g/mol. The minimum absolute atomic E-state index is 0.0302. The summed E-state index contributed by atoms with van der Waals surface area (Å²) in [6.45, 7) is 5.34. The van der Waals surface area contributed by atoms with E-state index in [0.717, 1.165) is 25.7 Å². The first-order chi connectivity index (χ1) is 13.4. The van der Waals surface area contributed by atoms with Gasteiger partial charge in [-0.15, -0.1) is 0 Å². The van der Waals surface area contributed by atoms with E-state index in [-0.39, 0.29) is 29.3 Å². The Morgan fingerprint density at radius 1 is 1.25 bits per heavy atom. The van der Waals surface area contributed by atoms with Crippen molar-refractivity contribution in [1.82, 2.24) is 15.2 Å². The molecule has 0 aromatic carbocycles. The molecule has 0 aliphatic carbocycles. The first-order valence-corrected chi connectivity index (χ1v) is 10.1. The van der Waals surface area contributed by atoms with Gasteiger partial charge in [0.1, 0.15) is 0 Å². The van der Waals surface area contributed by atoms with Crippen molar-refractivity contribution in [2.75, 3.05) is 19.6 Å². The van der Waals surface area contributed by atoms with E-state index < -0.39 is 5.91 Å². The molecule has 152 valence electrons. The molecule has 0 saturated carbocycles. The lowest BCUT2D eigenvalue weighted by atomic mass is 9.88. The number of likely N-dealkylation sites (tertiary alicyclic amines) is 1. The molecule has 7 nitrogen and oxygen atoms in total. The van der Waals surface area contributed by atoms with Crippen molar-refractivity contribution in [2.24, 2.45) is 5.92 Å². The summed E-state index contributed by atoms with van der Waals surface area (Å²) in [5.41, 5.74) is 0.440. The van der Waals surface area contributed by atoms with Gasteiger partial charge in [-0.3, -0.25) is 19.4 Å². The van der Waals surface area contributed by atoms with Gasteiger partial charge in [-0.25, -0.2) is 0 Å². The Bertz CT molecular complexity index is 714. The zero-order valence-corrected chi connectivity index (χ0v) is 16.6. The second kappa shape index (κ2) is 8.82. The molecule has 3 heterocycles. The first-order valence-electron chi connectivity index (χ1n) is 10.1. The minimum Gasteiger partial charge on any atom is -0.370 e. The smallest absolute Gasteiger partial charge is 0.287 e. The maximum Gasteiger partial charge on any atom is 0.287 e. The van der Waals surface area contributed by atoms with E-state index in [4.69, 9.17) is 4.74 Å². The van der Waals surface area contributed by atoms with Gasteiger partial charge in [0.2, 0.25) is 5.78 Å². The van der Waals surface area contributed by atoms with Gasteiger partial charge in [-0.2, -0.15) is 0 Å². The molecule has 2 atom stereocenters. The first kappa shape index (κ1) is 20.5. The van der Waals surface area contributed by atoms with Crippen LogP contribution in [-0.2, 0) is 14.3 Å². The van der Waals surface area contributed by atoms with Gasteiger partial charge in [0, 0.05) is 43.5 Å². The molecule has 1 N–H and O–H groups in total. The number of hydrogen-bond donors (Lipinski definition) is 1. The summed E-state index contributed by atoms with van der Waals surface area (Å²) in [7, 11) is 0. The second-order valence-electron chi connectivity index (χ2n) is 7.87. The van der Waals surface area contributed by atoms with Crippen LogP contribution >= 0.6 is 0 Å². The number of carbonyl (C=O) groups is 3. The normalized spacial score (nSPS) is 22.1. The van der Waals surface area contributed by atoms with Crippen molar-refractivity contribution < 1.29 is 19.1 Å². The van der Waals surface area contributed by atoms with Crippen molar-refractivity contribution in [2.45, 2.75) is 57.7 Å². The molecule has 2 unspecified atom stereocenters. The summed E-state index contributed by atoms with van der Waals surface area (Å²) in [5, 5.41) is 2.73. The Hall–Kier alpha value is -2.28. The van der Waals surface area contributed by atoms with Crippen LogP contribution in [0.1, 0.15) is 56.3 Å². The van der Waals surface area contributed by atoms with Gasteiger partial charge >= 0.3 is 0 Å². The van der Waals surface area contributed by atoms with Crippen LogP contribution in [0, 0.1) is 5.92 Å². The van der Waals surface area contributed by atoms with E-state index in [1.54, 1.807) is 31.5 Å². The topological polar surface area (TPSA) is 88.6 Å². The lowest BCUT2D eigenvalue weighted by molar-refractivity contribution is -0.140. The Balaban J connectivity index is 1.46. The van der Waals surface area contributed by atoms with Gasteiger partial charge in [0.05, 0.1) is 11.7 Å². The van der Waals surface area contributed by atoms with Gasteiger partial charge in [0.25, 0.3) is 11.8 Å². The second-order valence-corrected chi connectivity index (χ2v) is 7.87. The van der Waals surface area contributed by atoms with Gasteiger partial charge in [-0.1, -0.05) is 13.8 Å². The lowest BCUT2D eigenvalue weighted by Gasteiger charge is -2.39. The quantitative estimate of drug-likeness (QED) is 0.754. The van der Waals surface area contributed by atoms with Crippen LogP contribution in [-0.4, -0.2) is 58.8 Å². The number of nitrogens with zero attached hydrogens (tertiary/aromatic N) is 2. The molecule has 2 fully saturated rings. The van der Waals surface area contributed by atoms with Crippen molar-refractivity contribution >= 4 is 17.6 Å². The summed E-state index contributed by atoms with van der Waals surface area (Å²) in [4.78, 5) is 42.2. The Morgan fingerprint density at radius 3 is 2.57 bits per heavy atom. The Labute approximate surface area is 165 Å². The molecule has 2 aliphatic rings. The number of nitrogens with one attached hydrogen (secondary N) is 1. The van der Waals surface area contributed by atoms with Crippen molar-refractivity contribution in [1.29, 1.82) is 0 Å². The highest BCUT2D eigenvalue weighted by Gasteiger charge is 2.43. The number of ether oxygens (including phenoxy) is 1. The number of rotatable bonds is 6. The molecule has 2 aliphatic heterocycles. The average molecular weight is 387 g/mol. The number of carbonyl (C=O) groups excluding carboxylic acids is 3. The van der Waals surface area contributed by atoms with Crippen LogP contribution in [0.2, 0.25) is 0 Å². The number of amides is 2. The van der Waals surface area contributed by atoms with Crippen molar-refractivity contribution in [3.8, 4) is 0 Å². The number of hydrogen-bond acceptors (Lipinski definition) is 5. The van der Waals surface area contributed by atoms with Crippen LogP contribution in [0.25, 0.3) is 0 Å². The third-order valence-corrected chi connectivity index (χ3v) is 6.00. The number of aromatic nitrogens is 1. The zero-order valence-electron chi connectivity index (χ0n) is 16.6. The van der Waals surface area contributed by atoms with E-state index in [2.05, 4.69) is 10.3 Å². The number of piperidine rings is 1. The molecule has 1 aromatic rings. The van der Waals surface area contributed by atoms with Gasteiger partial charge in [-0.05, 0) is 44.2 Å². The fraction of sp³-hybridized carbons (Fsp3) is 0.619. The van der Waals surface area contributed by atoms with Gasteiger partial charge < -0.3 is 15.0 Å².